The van der Waals surface area contributed by atoms with Gasteiger partial charge < -0.3 is 11.1 Å². The standard InChI is InChI=1S/C14H22N2O.ClH/c1-11(12-7-5-4-6-8-12)16-13(17)9-14(2,3)10-15;/h4-8,11H,9-10,15H2,1-3H3,(H,16,17);1H/t11-;/m1./s1. The van der Waals surface area contributed by atoms with Crippen LogP contribution in [0.25, 0.3) is 0 Å². The molecule has 1 rings (SSSR count). The van der Waals surface area contributed by atoms with Gasteiger partial charge >= 0.3 is 0 Å². The van der Waals surface area contributed by atoms with E-state index in [0.717, 1.165) is 5.56 Å². The Morgan fingerprint density at radius 3 is 2.39 bits per heavy atom. The fourth-order valence-corrected chi connectivity index (χ4v) is 1.62. The van der Waals surface area contributed by atoms with E-state index in [-0.39, 0.29) is 29.8 Å². The normalized spacial score (nSPS) is 12.4. The highest BCUT2D eigenvalue weighted by Gasteiger charge is 2.21. The van der Waals surface area contributed by atoms with E-state index in [2.05, 4.69) is 5.32 Å². The van der Waals surface area contributed by atoms with Gasteiger partial charge in [-0.3, -0.25) is 4.79 Å². The molecule has 1 aromatic rings. The number of carbonyl (C=O) groups is 1. The van der Waals surface area contributed by atoms with Gasteiger partial charge in [0.2, 0.25) is 5.91 Å². The van der Waals surface area contributed by atoms with E-state index in [1.165, 1.54) is 0 Å². The predicted molar refractivity (Wildman–Crippen MR) is 77.7 cm³/mol. The number of hydrogen-bond acceptors (Lipinski definition) is 2. The smallest absolute Gasteiger partial charge is 0.221 e. The number of rotatable bonds is 5. The molecule has 1 amide bonds. The summed E-state index contributed by atoms with van der Waals surface area (Å²) in [6.45, 7) is 6.50. The largest absolute Gasteiger partial charge is 0.350 e. The first-order valence-electron chi connectivity index (χ1n) is 5.99. The summed E-state index contributed by atoms with van der Waals surface area (Å²) in [5.74, 6) is 0.0526. The van der Waals surface area contributed by atoms with Crippen LogP contribution in [0.5, 0.6) is 0 Å². The maximum absolute atomic E-state index is 11.8. The summed E-state index contributed by atoms with van der Waals surface area (Å²) in [6.07, 6.45) is 0.459. The van der Waals surface area contributed by atoms with Gasteiger partial charge in [-0.1, -0.05) is 44.2 Å². The molecule has 0 bridgehead atoms. The Morgan fingerprint density at radius 2 is 1.89 bits per heavy atom. The molecular weight excluding hydrogens is 248 g/mol. The molecule has 3 nitrogen and oxygen atoms in total. The number of hydrogen-bond donors (Lipinski definition) is 2. The Labute approximate surface area is 116 Å². The van der Waals surface area contributed by atoms with Crippen molar-refractivity contribution >= 4 is 18.3 Å². The fourth-order valence-electron chi connectivity index (χ4n) is 1.62. The summed E-state index contributed by atoms with van der Waals surface area (Å²) < 4.78 is 0. The summed E-state index contributed by atoms with van der Waals surface area (Å²) in [5.41, 5.74) is 6.60. The minimum atomic E-state index is -0.138. The molecule has 18 heavy (non-hydrogen) atoms. The monoisotopic (exact) mass is 270 g/mol. The van der Waals surface area contributed by atoms with E-state index in [1.54, 1.807) is 0 Å². The van der Waals surface area contributed by atoms with Gasteiger partial charge in [0.1, 0.15) is 0 Å². The van der Waals surface area contributed by atoms with Crippen LogP contribution in [0.4, 0.5) is 0 Å². The third-order valence-electron chi connectivity index (χ3n) is 2.87. The van der Waals surface area contributed by atoms with E-state index in [9.17, 15) is 4.79 Å². The first kappa shape index (κ1) is 16.9. The van der Waals surface area contributed by atoms with E-state index >= 15 is 0 Å². The molecule has 0 radical (unpaired) electrons. The van der Waals surface area contributed by atoms with Crippen LogP contribution in [0.15, 0.2) is 30.3 Å². The van der Waals surface area contributed by atoms with Gasteiger partial charge in [-0.05, 0) is 24.4 Å². The fraction of sp³-hybridized carbons (Fsp3) is 0.500. The highest BCUT2D eigenvalue weighted by Crippen LogP contribution is 2.19. The average molecular weight is 271 g/mol. The number of nitrogens with two attached hydrogens (primary N) is 1. The van der Waals surface area contributed by atoms with Crippen molar-refractivity contribution < 1.29 is 4.79 Å². The minimum absolute atomic E-state index is 0. The van der Waals surface area contributed by atoms with Gasteiger partial charge in [0, 0.05) is 6.42 Å². The Balaban J connectivity index is 0.00000289. The summed E-state index contributed by atoms with van der Waals surface area (Å²) in [4.78, 5) is 11.8. The first-order valence-corrected chi connectivity index (χ1v) is 5.99. The average Bonchev–Trinajstić information content (AvgIpc) is 2.29. The second kappa shape index (κ2) is 7.39. The number of nitrogens with one attached hydrogen (secondary N) is 1. The van der Waals surface area contributed by atoms with Gasteiger partial charge in [-0.2, -0.15) is 0 Å². The number of benzene rings is 1. The van der Waals surface area contributed by atoms with Crippen LogP contribution >= 0.6 is 12.4 Å². The van der Waals surface area contributed by atoms with E-state index in [4.69, 9.17) is 5.73 Å². The quantitative estimate of drug-likeness (QED) is 0.864. The minimum Gasteiger partial charge on any atom is -0.350 e. The van der Waals surface area contributed by atoms with E-state index < -0.39 is 0 Å². The van der Waals surface area contributed by atoms with Gasteiger partial charge in [0.25, 0.3) is 0 Å². The summed E-state index contributed by atoms with van der Waals surface area (Å²) >= 11 is 0. The molecule has 0 aliphatic heterocycles. The molecular formula is C14H23ClN2O. The van der Waals surface area contributed by atoms with Crippen molar-refractivity contribution in [2.24, 2.45) is 11.1 Å². The molecule has 0 heterocycles. The van der Waals surface area contributed by atoms with Crippen molar-refractivity contribution in [1.29, 1.82) is 0 Å². The van der Waals surface area contributed by atoms with Crippen LogP contribution in [0.2, 0.25) is 0 Å². The number of carbonyl (C=O) groups excluding carboxylic acids is 1. The van der Waals surface area contributed by atoms with Gasteiger partial charge in [-0.15, -0.1) is 12.4 Å². The predicted octanol–water partition coefficient (Wildman–Crippen LogP) is 2.66. The van der Waals surface area contributed by atoms with E-state index in [0.29, 0.717) is 13.0 Å². The molecule has 0 saturated carbocycles. The molecule has 1 aromatic carbocycles. The van der Waals surface area contributed by atoms with Gasteiger partial charge in [-0.25, -0.2) is 0 Å². The molecule has 3 N–H and O–H groups in total. The molecule has 4 heteroatoms. The molecule has 0 aliphatic carbocycles. The van der Waals surface area contributed by atoms with Crippen LogP contribution in [-0.4, -0.2) is 12.5 Å². The van der Waals surface area contributed by atoms with Gasteiger partial charge in [0.05, 0.1) is 6.04 Å². The van der Waals surface area contributed by atoms with Crippen LogP contribution < -0.4 is 11.1 Å². The molecule has 1 atom stereocenters. The summed E-state index contributed by atoms with van der Waals surface area (Å²) in [5, 5.41) is 2.99. The Bertz CT molecular complexity index is 365. The zero-order valence-electron chi connectivity index (χ0n) is 11.3. The Kier molecular flexibility index (Phi) is 6.96. The van der Waals surface area contributed by atoms with Crippen molar-refractivity contribution in [1.82, 2.24) is 5.32 Å². The molecule has 0 spiro atoms. The van der Waals surface area contributed by atoms with Crippen LogP contribution in [0.1, 0.15) is 38.8 Å². The van der Waals surface area contributed by atoms with Crippen LogP contribution in [0, 0.1) is 5.41 Å². The third-order valence-corrected chi connectivity index (χ3v) is 2.87. The number of halogens is 1. The number of amides is 1. The van der Waals surface area contributed by atoms with Crippen LogP contribution in [-0.2, 0) is 4.79 Å². The second-order valence-corrected chi connectivity index (χ2v) is 5.24. The van der Waals surface area contributed by atoms with Gasteiger partial charge in [0.15, 0.2) is 0 Å². The summed E-state index contributed by atoms with van der Waals surface area (Å²) in [7, 11) is 0. The van der Waals surface area contributed by atoms with Crippen LogP contribution in [0.3, 0.4) is 0 Å². The van der Waals surface area contributed by atoms with Crippen molar-refractivity contribution in [3.8, 4) is 0 Å². The van der Waals surface area contributed by atoms with Crippen molar-refractivity contribution in [3.63, 3.8) is 0 Å². The molecule has 0 aromatic heterocycles. The maximum atomic E-state index is 11.8. The Morgan fingerprint density at radius 1 is 1.33 bits per heavy atom. The van der Waals surface area contributed by atoms with Crippen molar-refractivity contribution in [2.45, 2.75) is 33.2 Å². The lowest BCUT2D eigenvalue weighted by atomic mass is 9.89. The molecule has 0 saturated heterocycles. The SMILES string of the molecule is C[C@@H](NC(=O)CC(C)(C)CN)c1ccccc1.Cl. The highest BCUT2D eigenvalue weighted by molar-refractivity contribution is 5.85. The lowest BCUT2D eigenvalue weighted by Crippen LogP contribution is -2.34. The lowest BCUT2D eigenvalue weighted by molar-refractivity contribution is -0.123. The molecule has 102 valence electrons. The molecule has 0 fully saturated rings. The maximum Gasteiger partial charge on any atom is 0.221 e. The highest BCUT2D eigenvalue weighted by atomic mass is 35.5. The zero-order valence-corrected chi connectivity index (χ0v) is 12.1. The lowest BCUT2D eigenvalue weighted by Gasteiger charge is -2.23. The molecule has 0 aliphatic rings. The summed E-state index contributed by atoms with van der Waals surface area (Å²) in [6, 6.07) is 9.98. The zero-order chi connectivity index (χ0) is 12.9. The van der Waals surface area contributed by atoms with Crippen molar-refractivity contribution in [2.75, 3.05) is 6.54 Å². The first-order chi connectivity index (χ1) is 7.94. The molecule has 0 unspecified atom stereocenters. The Hall–Kier alpha value is -1.06. The topological polar surface area (TPSA) is 55.1 Å². The van der Waals surface area contributed by atoms with Crippen molar-refractivity contribution in [3.05, 3.63) is 35.9 Å². The third kappa shape index (κ3) is 5.52. The van der Waals surface area contributed by atoms with E-state index in [1.807, 2.05) is 51.1 Å². The second-order valence-electron chi connectivity index (χ2n) is 5.24.